The molecule has 3 nitrogen and oxygen atoms in total. The molecule has 1 saturated heterocycles. The van der Waals surface area contributed by atoms with Gasteiger partial charge in [0, 0.05) is 13.1 Å². The van der Waals surface area contributed by atoms with Crippen LogP contribution in [0.15, 0.2) is 24.3 Å². The minimum absolute atomic E-state index is 0.107. The molecule has 0 bridgehead atoms. The molecule has 1 aromatic carbocycles. The zero-order valence-electron chi connectivity index (χ0n) is 11.2. The third-order valence-corrected chi connectivity index (χ3v) is 3.35. The fourth-order valence-corrected chi connectivity index (χ4v) is 2.24. The SMILES string of the molecule is Cc1ccc(O[C@@H](C)C(=O)N2CCCCC2)cc1. The Hall–Kier alpha value is -1.51. The van der Waals surface area contributed by atoms with Gasteiger partial charge in [0.2, 0.25) is 0 Å². The summed E-state index contributed by atoms with van der Waals surface area (Å²) in [6.45, 7) is 5.61. The van der Waals surface area contributed by atoms with Gasteiger partial charge in [0.25, 0.3) is 5.91 Å². The molecule has 2 rings (SSSR count). The van der Waals surface area contributed by atoms with E-state index in [1.54, 1.807) is 0 Å². The molecule has 3 heteroatoms. The molecule has 0 unspecified atom stereocenters. The van der Waals surface area contributed by atoms with Gasteiger partial charge in [-0.05, 0) is 45.2 Å². The van der Waals surface area contributed by atoms with Crippen molar-refractivity contribution >= 4 is 5.91 Å². The van der Waals surface area contributed by atoms with Crippen LogP contribution in [0.2, 0.25) is 0 Å². The molecular weight excluding hydrogens is 226 g/mol. The maximum Gasteiger partial charge on any atom is 0.263 e. The Balaban J connectivity index is 1.92. The number of hydrogen-bond acceptors (Lipinski definition) is 2. The fourth-order valence-electron chi connectivity index (χ4n) is 2.24. The molecule has 18 heavy (non-hydrogen) atoms. The minimum Gasteiger partial charge on any atom is -0.481 e. The van der Waals surface area contributed by atoms with Gasteiger partial charge >= 0.3 is 0 Å². The van der Waals surface area contributed by atoms with Gasteiger partial charge in [0.15, 0.2) is 6.10 Å². The smallest absolute Gasteiger partial charge is 0.263 e. The highest BCUT2D eigenvalue weighted by molar-refractivity contribution is 5.81. The predicted molar refractivity (Wildman–Crippen MR) is 71.7 cm³/mol. The van der Waals surface area contributed by atoms with Gasteiger partial charge in [0.1, 0.15) is 5.75 Å². The van der Waals surface area contributed by atoms with Crippen LogP contribution in [0.1, 0.15) is 31.7 Å². The van der Waals surface area contributed by atoms with Crippen LogP contribution in [0.3, 0.4) is 0 Å². The van der Waals surface area contributed by atoms with Crippen LogP contribution in [0.25, 0.3) is 0 Å². The standard InChI is InChI=1S/C15H21NO2/c1-12-6-8-14(9-7-12)18-13(2)15(17)16-10-4-3-5-11-16/h6-9,13H,3-5,10-11H2,1-2H3/t13-/m0/s1. The molecule has 0 aromatic heterocycles. The Morgan fingerprint density at radius 1 is 1.17 bits per heavy atom. The van der Waals surface area contributed by atoms with Crippen LogP contribution >= 0.6 is 0 Å². The van der Waals surface area contributed by atoms with Crippen molar-refractivity contribution in [2.75, 3.05) is 13.1 Å². The highest BCUT2D eigenvalue weighted by Crippen LogP contribution is 2.16. The first kappa shape index (κ1) is 12.9. The van der Waals surface area contributed by atoms with E-state index in [4.69, 9.17) is 4.74 Å². The zero-order valence-corrected chi connectivity index (χ0v) is 11.2. The molecule has 1 heterocycles. The second kappa shape index (κ2) is 5.89. The molecule has 1 aliphatic heterocycles. The normalized spacial score (nSPS) is 17.3. The number of amides is 1. The second-order valence-corrected chi connectivity index (χ2v) is 4.96. The molecular formula is C15H21NO2. The first-order valence-corrected chi connectivity index (χ1v) is 6.69. The summed E-state index contributed by atoms with van der Waals surface area (Å²) in [4.78, 5) is 14.1. The van der Waals surface area contributed by atoms with Crippen molar-refractivity contribution in [3.8, 4) is 5.75 Å². The van der Waals surface area contributed by atoms with E-state index in [-0.39, 0.29) is 5.91 Å². The monoisotopic (exact) mass is 247 g/mol. The van der Waals surface area contributed by atoms with Gasteiger partial charge in [-0.25, -0.2) is 0 Å². The fraction of sp³-hybridized carbons (Fsp3) is 0.533. The van der Waals surface area contributed by atoms with E-state index in [0.29, 0.717) is 0 Å². The van der Waals surface area contributed by atoms with Crippen LogP contribution in [0, 0.1) is 6.92 Å². The largest absolute Gasteiger partial charge is 0.481 e. The Morgan fingerprint density at radius 3 is 2.39 bits per heavy atom. The van der Waals surface area contributed by atoms with Crippen molar-refractivity contribution in [1.29, 1.82) is 0 Å². The maximum atomic E-state index is 12.2. The van der Waals surface area contributed by atoms with Crippen molar-refractivity contribution in [3.05, 3.63) is 29.8 Å². The van der Waals surface area contributed by atoms with Crippen molar-refractivity contribution in [1.82, 2.24) is 4.90 Å². The second-order valence-electron chi connectivity index (χ2n) is 4.96. The first-order valence-electron chi connectivity index (χ1n) is 6.69. The molecule has 0 aliphatic carbocycles. The number of carbonyl (C=O) groups excluding carboxylic acids is 1. The molecule has 0 spiro atoms. The van der Waals surface area contributed by atoms with Gasteiger partial charge < -0.3 is 9.64 Å². The van der Waals surface area contributed by atoms with Gasteiger partial charge in [-0.2, -0.15) is 0 Å². The van der Waals surface area contributed by atoms with E-state index in [9.17, 15) is 4.79 Å². The van der Waals surface area contributed by atoms with Crippen molar-refractivity contribution in [2.24, 2.45) is 0 Å². The average molecular weight is 247 g/mol. The first-order chi connectivity index (χ1) is 8.66. The molecule has 0 radical (unpaired) electrons. The van der Waals surface area contributed by atoms with Gasteiger partial charge in [-0.15, -0.1) is 0 Å². The summed E-state index contributed by atoms with van der Waals surface area (Å²) in [7, 11) is 0. The van der Waals surface area contributed by atoms with E-state index in [1.165, 1.54) is 12.0 Å². The molecule has 1 aliphatic rings. The quantitative estimate of drug-likeness (QED) is 0.822. The number of carbonyl (C=O) groups is 1. The van der Waals surface area contributed by atoms with Crippen molar-refractivity contribution in [3.63, 3.8) is 0 Å². The highest BCUT2D eigenvalue weighted by atomic mass is 16.5. The summed E-state index contributed by atoms with van der Waals surface area (Å²) in [5.41, 5.74) is 1.19. The minimum atomic E-state index is -0.397. The molecule has 1 amide bonds. The topological polar surface area (TPSA) is 29.5 Å². The summed E-state index contributed by atoms with van der Waals surface area (Å²) in [6.07, 6.45) is 3.06. The molecule has 0 N–H and O–H groups in total. The Morgan fingerprint density at radius 2 is 1.78 bits per heavy atom. The summed E-state index contributed by atoms with van der Waals surface area (Å²) >= 11 is 0. The summed E-state index contributed by atoms with van der Waals surface area (Å²) < 4.78 is 5.69. The van der Waals surface area contributed by atoms with Crippen LogP contribution in [-0.4, -0.2) is 30.0 Å². The lowest BCUT2D eigenvalue weighted by molar-refractivity contribution is -0.138. The molecule has 1 atom stereocenters. The Kier molecular flexibility index (Phi) is 4.24. The van der Waals surface area contributed by atoms with E-state index in [0.717, 1.165) is 31.7 Å². The number of piperidine rings is 1. The number of aryl methyl sites for hydroxylation is 1. The van der Waals surface area contributed by atoms with Gasteiger partial charge in [-0.1, -0.05) is 17.7 Å². The lowest BCUT2D eigenvalue weighted by atomic mass is 10.1. The zero-order chi connectivity index (χ0) is 13.0. The predicted octanol–water partition coefficient (Wildman–Crippen LogP) is 2.77. The van der Waals surface area contributed by atoms with Crippen molar-refractivity contribution in [2.45, 2.75) is 39.2 Å². The lowest BCUT2D eigenvalue weighted by Gasteiger charge is -2.29. The van der Waals surface area contributed by atoms with E-state index < -0.39 is 6.10 Å². The maximum absolute atomic E-state index is 12.2. The third-order valence-electron chi connectivity index (χ3n) is 3.35. The van der Waals surface area contributed by atoms with Gasteiger partial charge in [0.05, 0.1) is 0 Å². The van der Waals surface area contributed by atoms with Gasteiger partial charge in [-0.3, -0.25) is 4.79 Å². The average Bonchev–Trinajstić information content (AvgIpc) is 2.41. The number of hydrogen-bond donors (Lipinski definition) is 0. The number of ether oxygens (including phenoxy) is 1. The number of rotatable bonds is 3. The van der Waals surface area contributed by atoms with Crippen LogP contribution in [-0.2, 0) is 4.79 Å². The summed E-state index contributed by atoms with van der Waals surface area (Å²) in [5, 5.41) is 0. The Bertz CT molecular complexity index is 393. The lowest BCUT2D eigenvalue weighted by Crippen LogP contribution is -2.43. The van der Waals surface area contributed by atoms with Crippen molar-refractivity contribution < 1.29 is 9.53 Å². The summed E-state index contributed by atoms with van der Waals surface area (Å²) in [6, 6.07) is 7.81. The van der Waals surface area contributed by atoms with E-state index >= 15 is 0 Å². The number of benzene rings is 1. The highest BCUT2D eigenvalue weighted by Gasteiger charge is 2.23. The van der Waals surface area contributed by atoms with Crippen LogP contribution < -0.4 is 4.74 Å². The number of nitrogens with zero attached hydrogens (tertiary/aromatic N) is 1. The molecule has 0 saturated carbocycles. The number of likely N-dealkylation sites (tertiary alicyclic amines) is 1. The Labute approximate surface area is 109 Å². The third kappa shape index (κ3) is 3.25. The molecule has 1 aromatic rings. The molecule has 98 valence electrons. The van der Waals surface area contributed by atoms with Crippen LogP contribution in [0.4, 0.5) is 0 Å². The molecule has 1 fully saturated rings. The van der Waals surface area contributed by atoms with E-state index in [1.807, 2.05) is 43.0 Å². The van der Waals surface area contributed by atoms with E-state index in [2.05, 4.69) is 0 Å². The summed E-state index contributed by atoms with van der Waals surface area (Å²) in [5.74, 6) is 0.869. The van der Waals surface area contributed by atoms with Crippen LogP contribution in [0.5, 0.6) is 5.75 Å².